The van der Waals surface area contributed by atoms with Crippen molar-refractivity contribution in [1.82, 2.24) is 0 Å². The van der Waals surface area contributed by atoms with Gasteiger partial charge in [0.15, 0.2) is 0 Å². The summed E-state index contributed by atoms with van der Waals surface area (Å²) in [6.45, 7) is 9.91. The molecule has 0 heterocycles. The minimum atomic E-state index is 0.518. The van der Waals surface area contributed by atoms with Gasteiger partial charge in [-0.2, -0.15) is 0 Å². The predicted octanol–water partition coefficient (Wildman–Crippen LogP) is 7.62. The van der Waals surface area contributed by atoms with Crippen molar-refractivity contribution >= 4 is 0 Å². The summed E-state index contributed by atoms with van der Waals surface area (Å²) in [4.78, 5) is 0. The smallest absolute Gasteiger partial charge is 0.0575 e. The van der Waals surface area contributed by atoms with Gasteiger partial charge >= 0.3 is 0 Å². The molecule has 3 aliphatic carbocycles. The van der Waals surface area contributed by atoms with E-state index in [1.165, 1.54) is 95.5 Å². The predicted molar refractivity (Wildman–Crippen MR) is 112 cm³/mol. The van der Waals surface area contributed by atoms with Gasteiger partial charge in [-0.15, -0.1) is 0 Å². The van der Waals surface area contributed by atoms with Crippen LogP contribution in [-0.4, -0.2) is 12.7 Å². The minimum absolute atomic E-state index is 0.518. The highest BCUT2D eigenvalue weighted by atomic mass is 16.5. The van der Waals surface area contributed by atoms with Crippen LogP contribution in [0.25, 0.3) is 0 Å². The fraction of sp³-hybridized carbons (Fsp3) is 0.840. The summed E-state index contributed by atoms with van der Waals surface area (Å²) in [6, 6.07) is 0. The van der Waals surface area contributed by atoms with Gasteiger partial charge in [0, 0.05) is 6.61 Å². The molecule has 1 nitrogen and oxygen atoms in total. The Morgan fingerprint density at radius 1 is 1.15 bits per heavy atom. The molecule has 0 bridgehead atoms. The Morgan fingerprint density at radius 2 is 1.92 bits per heavy atom. The highest BCUT2D eigenvalue weighted by Gasteiger charge is 2.40. The summed E-state index contributed by atoms with van der Waals surface area (Å²) >= 11 is 0. The van der Waals surface area contributed by atoms with E-state index in [0.29, 0.717) is 11.5 Å². The third-order valence-corrected chi connectivity index (χ3v) is 7.70. The molecule has 2 saturated carbocycles. The molecule has 0 N–H and O–H groups in total. The number of ether oxygens (including phenoxy) is 1. The fourth-order valence-corrected chi connectivity index (χ4v) is 5.41. The monoisotopic (exact) mass is 358 g/mol. The number of rotatable bonds is 9. The molecule has 0 radical (unpaired) electrons. The first-order chi connectivity index (χ1) is 12.6. The minimum Gasteiger partial charge on any atom is -0.378 e. The topological polar surface area (TPSA) is 9.23 Å². The van der Waals surface area contributed by atoms with Gasteiger partial charge in [0.1, 0.15) is 0 Å². The molecule has 1 atom stereocenters. The molecule has 3 rings (SSSR count). The van der Waals surface area contributed by atoms with Gasteiger partial charge in [0.2, 0.25) is 0 Å². The molecule has 26 heavy (non-hydrogen) atoms. The Hall–Kier alpha value is -0.560. The normalized spacial score (nSPS) is 31.2. The van der Waals surface area contributed by atoms with Crippen LogP contribution in [0.2, 0.25) is 0 Å². The van der Waals surface area contributed by atoms with E-state index in [4.69, 9.17) is 4.74 Å². The van der Waals surface area contributed by atoms with Gasteiger partial charge in [0.05, 0.1) is 6.10 Å². The Labute approximate surface area is 162 Å². The standard InChI is InChI=1S/C25H42O/c1-20(2)25(16-6-17-25)19-23-12-14-24(15-13-23)26-18-5-4-7-22-10-8-21(3)9-11-22/h10,21,23-24H,1,4-9,11-19H2,2-3H3. The van der Waals surface area contributed by atoms with Crippen LogP contribution in [0.4, 0.5) is 0 Å². The van der Waals surface area contributed by atoms with Crippen LogP contribution >= 0.6 is 0 Å². The van der Waals surface area contributed by atoms with Gasteiger partial charge < -0.3 is 4.74 Å². The third kappa shape index (κ3) is 5.47. The van der Waals surface area contributed by atoms with E-state index in [2.05, 4.69) is 26.5 Å². The molecular formula is C25H42O. The van der Waals surface area contributed by atoms with Crippen molar-refractivity contribution in [2.75, 3.05) is 6.61 Å². The summed E-state index contributed by atoms with van der Waals surface area (Å²) in [5.74, 6) is 1.83. The summed E-state index contributed by atoms with van der Waals surface area (Å²) in [6.07, 6.45) is 21.9. The van der Waals surface area contributed by atoms with E-state index in [1.807, 2.05) is 0 Å². The van der Waals surface area contributed by atoms with Gasteiger partial charge in [-0.25, -0.2) is 0 Å². The average Bonchev–Trinajstić information content (AvgIpc) is 2.60. The molecule has 0 aromatic heterocycles. The lowest BCUT2D eigenvalue weighted by molar-refractivity contribution is 0.00730. The van der Waals surface area contributed by atoms with Crippen LogP contribution in [0.15, 0.2) is 23.8 Å². The van der Waals surface area contributed by atoms with Crippen molar-refractivity contribution in [1.29, 1.82) is 0 Å². The van der Waals surface area contributed by atoms with E-state index in [0.717, 1.165) is 18.4 Å². The second-order valence-corrected chi connectivity index (χ2v) is 9.83. The van der Waals surface area contributed by atoms with Crippen molar-refractivity contribution in [3.05, 3.63) is 23.8 Å². The van der Waals surface area contributed by atoms with Gasteiger partial charge in [-0.3, -0.25) is 0 Å². The van der Waals surface area contributed by atoms with E-state index >= 15 is 0 Å². The lowest BCUT2D eigenvalue weighted by Crippen LogP contribution is -2.34. The Balaban J connectivity index is 1.25. The molecule has 2 fully saturated rings. The van der Waals surface area contributed by atoms with Gasteiger partial charge in [-0.05, 0) is 108 Å². The van der Waals surface area contributed by atoms with Crippen LogP contribution in [0.3, 0.4) is 0 Å². The number of unbranched alkanes of at least 4 members (excludes halogenated alkanes) is 1. The van der Waals surface area contributed by atoms with Gasteiger partial charge in [0.25, 0.3) is 0 Å². The molecule has 1 heteroatoms. The zero-order valence-electron chi connectivity index (χ0n) is 17.5. The highest BCUT2D eigenvalue weighted by molar-refractivity contribution is 5.12. The first kappa shape index (κ1) is 20.2. The Morgan fingerprint density at radius 3 is 2.50 bits per heavy atom. The molecule has 1 unspecified atom stereocenters. The maximum absolute atomic E-state index is 6.22. The van der Waals surface area contributed by atoms with E-state index in [9.17, 15) is 0 Å². The fourth-order valence-electron chi connectivity index (χ4n) is 5.41. The van der Waals surface area contributed by atoms with Crippen molar-refractivity contribution in [3.8, 4) is 0 Å². The maximum Gasteiger partial charge on any atom is 0.0575 e. The Kier molecular flexibility index (Phi) is 7.44. The summed E-state index contributed by atoms with van der Waals surface area (Å²) in [7, 11) is 0. The van der Waals surface area contributed by atoms with E-state index in [1.54, 1.807) is 5.57 Å². The molecule has 0 spiro atoms. The lowest BCUT2D eigenvalue weighted by Gasteiger charge is -2.46. The second-order valence-electron chi connectivity index (χ2n) is 9.83. The zero-order valence-corrected chi connectivity index (χ0v) is 17.5. The first-order valence-electron chi connectivity index (χ1n) is 11.5. The maximum atomic E-state index is 6.22. The number of allylic oxidation sites excluding steroid dienone is 3. The molecule has 0 aliphatic heterocycles. The average molecular weight is 359 g/mol. The summed E-state index contributed by atoms with van der Waals surface area (Å²) in [5, 5.41) is 0. The molecule has 3 aliphatic rings. The van der Waals surface area contributed by atoms with E-state index in [-0.39, 0.29) is 0 Å². The first-order valence-corrected chi connectivity index (χ1v) is 11.5. The van der Waals surface area contributed by atoms with Crippen LogP contribution in [0.1, 0.15) is 104 Å². The zero-order chi connectivity index (χ0) is 18.4. The SMILES string of the molecule is C=C(C)C1(CC2CCC(OCCCCC3=CCC(C)CC3)CC2)CCC1. The van der Waals surface area contributed by atoms with Crippen molar-refractivity contribution < 1.29 is 4.74 Å². The van der Waals surface area contributed by atoms with Crippen LogP contribution in [0.5, 0.6) is 0 Å². The van der Waals surface area contributed by atoms with Crippen LogP contribution in [-0.2, 0) is 4.74 Å². The molecule has 0 amide bonds. The molecule has 0 saturated heterocycles. The van der Waals surface area contributed by atoms with Crippen LogP contribution in [0, 0.1) is 17.3 Å². The molecule has 148 valence electrons. The molecule has 0 aromatic carbocycles. The van der Waals surface area contributed by atoms with E-state index < -0.39 is 0 Å². The summed E-state index contributed by atoms with van der Waals surface area (Å²) in [5.41, 5.74) is 3.68. The van der Waals surface area contributed by atoms with Crippen molar-refractivity contribution in [2.45, 2.75) is 110 Å². The molecular weight excluding hydrogens is 316 g/mol. The largest absolute Gasteiger partial charge is 0.378 e. The summed E-state index contributed by atoms with van der Waals surface area (Å²) < 4.78 is 6.22. The highest BCUT2D eigenvalue weighted by Crippen LogP contribution is 2.52. The van der Waals surface area contributed by atoms with Crippen molar-refractivity contribution in [2.24, 2.45) is 17.3 Å². The third-order valence-electron chi connectivity index (χ3n) is 7.70. The number of hydrogen-bond acceptors (Lipinski definition) is 1. The molecule has 0 aromatic rings. The second kappa shape index (κ2) is 9.58. The van der Waals surface area contributed by atoms with Crippen molar-refractivity contribution in [3.63, 3.8) is 0 Å². The number of hydrogen-bond donors (Lipinski definition) is 0. The Bertz CT molecular complexity index is 476. The van der Waals surface area contributed by atoms with Crippen LogP contribution < -0.4 is 0 Å². The lowest BCUT2D eigenvalue weighted by atomic mass is 9.59. The van der Waals surface area contributed by atoms with Gasteiger partial charge in [-0.1, -0.05) is 37.1 Å². The quantitative estimate of drug-likeness (QED) is 0.304.